The van der Waals surface area contributed by atoms with Crippen LogP contribution in [0.5, 0.6) is 0 Å². The van der Waals surface area contributed by atoms with E-state index in [9.17, 15) is 4.79 Å². The minimum absolute atomic E-state index is 0.0258. The molecule has 0 bridgehead atoms. The van der Waals surface area contributed by atoms with Gasteiger partial charge in [-0.3, -0.25) is 4.79 Å². The average molecular weight is 260 g/mol. The zero-order valence-electron chi connectivity index (χ0n) is 10.3. The molecule has 1 heterocycles. The standard InChI is InChI=1S/C11H20N2O3S/c1-8(15-2)7-13-10(14)11(9(12)17)3-5-16-6-4-11/h8H,3-7H2,1-2H3,(H2,12,17)(H,13,14). The summed E-state index contributed by atoms with van der Waals surface area (Å²) in [7, 11) is 1.61. The predicted octanol–water partition coefficient (Wildman–Crippen LogP) is 0.220. The number of amides is 1. The van der Waals surface area contributed by atoms with Gasteiger partial charge in [-0.25, -0.2) is 0 Å². The summed E-state index contributed by atoms with van der Waals surface area (Å²) in [6, 6.07) is 0. The van der Waals surface area contributed by atoms with Crippen LogP contribution in [0.15, 0.2) is 0 Å². The largest absolute Gasteiger partial charge is 0.392 e. The number of methoxy groups -OCH3 is 1. The van der Waals surface area contributed by atoms with Gasteiger partial charge in [-0.15, -0.1) is 0 Å². The smallest absolute Gasteiger partial charge is 0.233 e. The number of rotatable bonds is 5. The first kappa shape index (κ1) is 14.3. The maximum atomic E-state index is 12.2. The summed E-state index contributed by atoms with van der Waals surface area (Å²) < 4.78 is 10.3. The molecule has 0 radical (unpaired) electrons. The van der Waals surface area contributed by atoms with Gasteiger partial charge in [0.25, 0.3) is 0 Å². The van der Waals surface area contributed by atoms with Crippen molar-refractivity contribution in [2.45, 2.75) is 25.9 Å². The number of carbonyl (C=O) groups excluding carboxylic acids is 1. The molecule has 1 aliphatic heterocycles. The third kappa shape index (κ3) is 3.37. The van der Waals surface area contributed by atoms with Crippen molar-refractivity contribution in [3.63, 3.8) is 0 Å². The van der Waals surface area contributed by atoms with E-state index >= 15 is 0 Å². The molecule has 0 spiro atoms. The van der Waals surface area contributed by atoms with Gasteiger partial charge in [-0.05, 0) is 19.8 Å². The molecule has 1 atom stereocenters. The Hall–Kier alpha value is -0.720. The third-order valence-corrected chi connectivity index (χ3v) is 3.60. The van der Waals surface area contributed by atoms with Crippen LogP contribution in [0.2, 0.25) is 0 Å². The molecule has 1 saturated heterocycles. The Morgan fingerprint density at radius 2 is 2.18 bits per heavy atom. The second-order valence-corrected chi connectivity index (χ2v) is 4.75. The first-order chi connectivity index (χ1) is 8.03. The number of nitrogens with two attached hydrogens (primary N) is 1. The van der Waals surface area contributed by atoms with E-state index in [0.29, 0.717) is 32.6 Å². The molecule has 1 rings (SSSR count). The molecular formula is C11H20N2O3S. The fraction of sp³-hybridized carbons (Fsp3) is 0.818. The molecule has 0 saturated carbocycles. The molecule has 1 aliphatic rings. The first-order valence-corrected chi connectivity index (χ1v) is 6.12. The van der Waals surface area contributed by atoms with Crippen molar-refractivity contribution in [1.82, 2.24) is 5.32 Å². The van der Waals surface area contributed by atoms with Crippen LogP contribution in [0.4, 0.5) is 0 Å². The Kier molecular flexibility index (Phi) is 5.30. The molecule has 17 heavy (non-hydrogen) atoms. The quantitative estimate of drug-likeness (QED) is 0.692. The van der Waals surface area contributed by atoms with E-state index in [-0.39, 0.29) is 17.0 Å². The molecule has 1 amide bonds. The summed E-state index contributed by atoms with van der Waals surface area (Å²) in [5.74, 6) is -0.114. The number of ether oxygens (including phenoxy) is 2. The molecule has 0 aromatic carbocycles. The molecule has 0 aliphatic carbocycles. The van der Waals surface area contributed by atoms with Crippen LogP contribution in [0.3, 0.4) is 0 Å². The van der Waals surface area contributed by atoms with E-state index in [2.05, 4.69) is 5.32 Å². The second-order valence-electron chi connectivity index (χ2n) is 4.32. The molecule has 98 valence electrons. The van der Waals surface area contributed by atoms with Crippen molar-refractivity contribution in [3.8, 4) is 0 Å². The second kappa shape index (κ2) is 6.28. The van der Waals surface area contributed by atoms with Gasteiger partial charge in [0.1, 0.15) is 5.41 Å². The lowest BCUT2D eigenvalue weighted by Crippen LogP contribution is -2.52. The highest BCUT2D eigenvalue weighted by Gasteiger charge is 2.42. The molecule has 0 aromatic rings. The lowest BCUT2D eigenvalue weighted by Gasteiger charge is -2.34. The fourth-order valence-electron chi connectivity index (χ4n) is 1.79. The zero-order valence-corrected chi connectivity index (χ0v) is 11.1. The predicted molar refractivity (Wildman–Crippen MR) is 68.8 cm³/mol. The van der Waals surface area contributed by atoms with Crippen molar-refractivity contribution in [2.24, 2.45) is 11.1 Å². The normalized spacial score (nSPS) is 20.6. The molecule has 0 aromatic heterocycles. The lowest BCUT2D eigenvalue weighted by molar-refractivity contribution is -0.131. The zero-order chi connectivity index (χ0) is 12.9. The summed E-state index contributed by atoms with van der Waals surface area (Å²) in [6.07, 6.45) is 1.08. The summed E-state index contributed by atoms with van der Waals surface area (Å²) in [5, 5.41) is 2.84. The minimum atomic E-state index is -0.749. The van der Waals surface area contributed by atoms with Crippen molar-refractivity contribution >= 4 is 23.1 Å². The SMILES string of the molecule is COC(C)CNC(=O)C1(C(N)=S)CCOCC1. The van der Waals surface area contributed by atoms with Gasteiger partial charge in [0, 0.05) is 26.9 Å². The van der Waals surface area contributed by atoms with Crippen molar-refractivity contribution in [1.29, 1.82) is 0 Å². The Morgan fingerprint density at radius 1 is 1.59 bits per heavy atom. The number of carbonyl (C=O) groups is 1. The van der Waals surface area contributed by atoms with Crippen LogP contribution in [0.1, 0.15) is 19.8 Å². The van der Waals surface area contributed by atoms with Gasteiger partial charge in [0.15, 0.2) is 0 Å². The summed E-state index contributed by atoms with van der Waals surface area (Å²) in [4.78, 5) is 12.4. The Bertz CT molecular complexity index is 290. The van der Waals surface area contributed by atoms with Crippen LogP contribution in [0, 0.1) is 5.41 Å². The number of thiocarbonyl (C=S) groups is 1. The lowest BCUT2D eigenvalue weighted by atomic mass is 9.79. The molecular weight excluding hydrogens is 240 g/mol. The summed E-state index contributed by atoms with van der Waals surface area (Å²) >= 11 is 5.04. The summed E-state index contributed by atoms with van der Waals surface area (Å²) in [6.45, 7) is 3.38. The highest BCUT2D eigenvalue weighted by molar-refractivity contribution is 7.80. The van der Waals surface area contributed by atoms with E-state index in [1.54, 1.807) is 7.11 Å². The van der Waals surface area contributed by atoms with Gasteiger partial charge >= 0.3 is 0 Å². The van der Waals surface area contributed by atoms with Gasteiger partial charge in [0.05, 0.1) is 11.1 Å². The van der Waals surface area contributed by atoms with Gasteiger partial charge in [-0.2, -0.15) is 0 Å². The highest BCUT2D eigenvalue weighted by Crippen LogP contribution is 2.31. The van der Waals surface area contributed by atoms with E-state index in [0.717, 1.165) is 0 Å². The van der Waals surface area contributed by atoms with E-state index < -0.39 is 5.41 Å². The molecule has 3 N–H and O–H groups in total. The van der Waals surface area contributed by atoms with E-state index in [1.165, 1.54) is 0 Å². The molecule has 1 fully saturated rings. The fourth-order valence-corrected chi connectivity index (χ4v) is 2.09. The number of hydrogen-bond acceptors (Lipinski definition) is 4. The Labute approximate surface area is 107 Å². The third-order valence-electron chi connectivity index (χ3n) is 3.21. The monoisotopic (exact) mass is 260 g/mol. The maximum absolute atomic E-state index is 12.2. The Morgan fingerprint density at radius 3 is 2.65 bits per heavy atom. The number of hydrogen-bond donors (Lipinski definition) is 2. The van der Waals surface area contributed by atoms with Crippen molar-refractivity contribution in [3.05, 3.63) is 0 Å². The van der Waals surface area contributed by atoms with Gasteiger partial charge in [0.2, 0.25) is 5.91 Å². The van der Waals surface area contributed by atoms with Crippen LogP contribution in [-0.2, 0) is 14.3 Å². The van der Waals surface area contributed by atoms with Crippen LogP contribution in [-0.4, -0.2) is 43.9 Å². The molecule has 1 unspecified atom stereocenters. The van der Waals surface area contributed by atoms with E-state index in [1.807, 2.05) is 6.92 Å². The summed E-state index contributed by atoms with van der Waals surface area (Å²) in [5.41, 5.74) is 4.98. The van der Waals surface area contributed by atoms with Crippen LogP contribution < -0.4 is 11.1 Å². The average Bonchev–Trinajstić information content (AvgIpc) is 2.35. The van der Waals surface area contributed by atoms with Gasteiger partial charge in [-0.1, -0.05) is 12.2 Å². The van der Waals surface area contributed by atoms with Crippen molar-refractivity contribution < 1.29 is 14.3 Å². The first-order valence-electron chi connectivity index (χ1n) is 5.71. The minimum Gasteiger partial charge on any atom is -0.392 e. The molecule has 5 nitrogen and oxygen atoms in total. The molecule has 6 heteroatoms. The van der Waals surface area contributed by atoms with E-state index in [4.69, 9.17) is 27.4 Å². The maximum Gasteiger partial charge on any atom is 0.233 e. The Balaban J connectivity index is 2.64. The van der Waals surface area contributed by atoms with Gasteiger partial charge < -0.3 is 20.5 Å². The highest BCUT2D eigenvalue weighted by atomic mass is 32.1. The van der Waals surface area contributed by atoms with Crippen molar-refractivity contribution in [2.75, 3.05) is 26.9 Å². The topological polar surface area (TPSA) is 73.6 Å². The van der Waals surface area contributed by atoms with Crippen LogP contribution in [0.25, 0.3) is 0 Å². The number of nitrogens with one attached hydrogen (secondary N) is 1. The van der Waals surface area contributed by atoms with Crippen LogP contribution >= 0.6 is 12.2 Å².